The van der Waals surface area contributed by atoms with Gasteiger partial charge in [0, 0.05) is 49.7 Å². The first-order valence-corrected chi connectivity index (χ1v) is 12.3. The molecule has 0 aliphatic carbocycles. The number of rotatable bonds is 6. The van der Waals surface area contributed by atoms with Gasteiger partial charge in [0.25, 0.3) is 5.91 Å². The third kappa shape index (κ3) is 5.55. The molecule has 0 bridgehead atoms. The summed E-state index contributed by atoms with van der Waals surface area (Å²) >= 11 is 0. The molecule has 3 heterocycles. The van der Waals surface area contributed by atoms with E-state index >= 15 is 0 Å². The molecule has 0 saturated carbocycles. The zero-order valence-corrected chi connectivity index (χ0v) is 19.7. The second-order valence-corrected chi connectivity index (χ2v) is 9.37. The molecule has 2 aliphatic heterocycles. The fraction of sp³-hybridized carbons (Fsp3) is 0.407. The van der Waals surface area contributed by atoms with Gasteiger partial charge in [-0.25, -0.2) is 0 Å². The summed E-state index contributed by atoms with van der Waals surface area (Å²) in [6.07, 6.45) is 0.957. The Morgan fingerprint density at radius 2 is 1.86 bits per heavy atom. The number of furan rings is 1. The van der Waals surface area contributed by atoms with Crippen molar-refractivity contribution in [2.45, 2.75) is 31.7 Å². The van der Waals surface area contributed by atoms with E-state index in [1.807, 2.05) is 47.4 Å². The van der Waals surface area contributed by atoms with Gasteiger partial charge in [0.15, 0.2) is 6.23 Å². The van der Waals surface area contributed by atoms with E-state index in [2.05, 4.69) is 21.6 Å². The summed E-state index contributed by atoms with van der Waals surface area (Å²) in [7, 11) is 0. The normalized spacial score (nSPS) is 18.5. The number of amides is 1. The van der Waals surface area contributed by atoms with Crippen molar-refractivity contribution in [3.05, 3.63) is 71.0 Å². The molecule has 1 aromatic heterocycles. The van der Waals surface area contributed by atoms with E-state index in [1.165, 1.54) is 5.56 Å². The van der Waals surface area contributed by atoms with E-state index in [9.17, 15) is 9.90 Å². The first kappa shape index (κ1) is 23.5. The first-order chi connectivity index (χ1) is 17.1. The zero-order chi connectivity index (χ0) is 24.2. The van der Waals surface area contributed by atoms with Crippen molar-refractivity contribution in [2.24, 2.45) is 0 Å². The molecule has 3 aromatic rings. The number of piperidine rings is 1. The van der Waals surface area contributed by atoms with Crippen LogP contribution in [0.3, 0.4) is 0 Å². The molecule has 8 nitrogen and oxygen atoms in total. The van der Waals surface area contributed by atoms with Gasteiger partial charge in [-0.2, -0.15) is 5.26 Å². The molecule has 3 N–H and O–H groups in total. The van der Waals surface area contributed by atoms with Crippen molar-refractivity contribution in [1.29, 1.82) is 5.26 Å². The maximum Gasteiger partial charge on any atom is 0.253 e. The molecule has 2 saturated heterocycles. The maximum atomic E-state index is 12.8. The van der Waals surface area contributed by atoms with Gasteiger partial charge in [-0.1, -0.05) is 12.1 Å². The van der Waals surface area contributed by atoms with Crippen molar-refractivity contribution in [3.63, 3.8) is 0 Å². The van der Waals surface area contributed by atoms with Crippen LogP contribution in [-0.2, 0) is 6.54 Å². The molecule has 35 heavy (non-hydrogen) atoms. The number of carbonyl (C=O) groups excluding carboxylic acids is 1. The van der Waals surface area contributed by atoms with Gasteiger partial charge in [-0.05, 0) is 67.9 Å². The Labute approximate surface area is 205 Å². The highest BCUT2D eigenvalue weighted by molar-refractivity contribution is 5.98. The van der Waals surface area contributed by atoms with Gasteiger partial charge in [-0.15, -0.1) is 0 Å². The van der Waals surface area contributed by atoms with Crippen molar-refractivity contribution in [1.82, 2.24) is 20.4 Å². The standard InChI is InChI=1S/C27H31N5O3/c28-17-19-1-3-20(4-2-19)18-31-11-7-23(8-12-31)30-26(33)25-16-22-15-21(5-6-24(22)35-25)27(34)32-13-9-29-10-14-32/h1-6,15-16,23,26,29-30,33H,7-14,18H2. The van der Waals surface area contributed by atoms with Crippen LogP contribution in [0, 0.1) is 11.3 Å². The maximum absolute atomic E-state index is 12.8. The molecule has 2 aromatic carbocycles. The number of carbonyl (C=O) groups is 1. The van der Waals surface area contributed by atoms with Gasteiger partial charge in [0.2, 0.25) is 0 Å². The molecule has 0 radical (unpaired) electrons. The molecule has 182 valence electrons. The van der Waals surface area contributed by atoms with Gasteiger partial charge >= 0.3 is 0 Å². The van der Waals surface area contributed by atoms with E-state index in [0.717, 1.165) is 51.0 Å². The molecule has 2 fully saturated rings. The van der Waals surface area contributed by atoms with E-state index < -0.39 is 6.23 Å². The molecule has 1 unspecified atom stereocenters. The van der Waals surface area contributed by atoms with Crippen LogP contribution in [0.1, 0.15) is 46.3 Å². The van der Waals surface area contributed by atoms with Crippen LogP contribution in [0.2, 0.25) is 0 Å². The molecule has 8 heteroatoms. The summed E-state index contributed by atoms with van der Waals surface area (Å²) in [6.45, 7) is 5.78. The summed E-state index contributed by atoms with van der Waals surface area (Å²) in [5.74, 6) is 0.495. The number of nitrogens with one attached hydrogen (secondary N) is 2. The van der Waals surface area contributed by atoms with Gasteiger partial charge in [-0.3, -0.25) is 15.0 Å². The average molecular weight is 474 g/mol. The SMILES string of the molecule is N#Cc1ccc(CN2CCC(NC(O)c3cc4cc(C(=O)N5CCNCC5)ccc4o3)CC2)cc1. The van der Waals surface area contributed by atoms with Crippen molar-refractivity contribution < 1.29 is 14.3 Å². The predicted octanol–water partition coefficient (Wildman–Crippen LogP) is 2.59. The van der Waals surface area contributed by atoms with E-state index in [1.54, 1.807) is 6.07 Å². The fourth-order valence-corrected chi connectivity index (χ4v) is 4.89. The Morgan fingerprint density at radius 3 is 2.57 bits per heavy atom. The predicted molar refractivity (Wildman–Crippen MR) is 133 cm³/mol. The summed E-state index contributed by atoms with van der Waals surface area (Å²) in [5, 5.41) is 27.1. The Balaban J connectivity index is 1.15. The second kappa shape index (κ2) is 10.6. The number of hydrogen-bond acceptors (Lipinski definition) is 7. The van der Waals surface area contributed by atoms with Crippen molar-refractivity contribution in [2.75, 3.05) is 39.3 Å². The smallest absolute Gasteiger partial charge is 0.253 e. The number of aliphatic hydroxyl groups excluding tert-OH is 1. The average Bonchev–Trinajstić information content (AvgIpc) is 3.34. The summed E-state index contributed by atoms with van der Waals surface area (Å²) in [5.41, 5.74) is 3.19. The number of nitriles is 1. The molecule has 5 rings (SSSR count). The lowest BCUT2D eigenvalue weighted by atomic mass is 10.0. The lowest BCUT2D eigenvalue weighted by Crippen LogP contribution is -2.46. The van der Waals surface area contributed by atoms with Crippen LogP contribution >= 0.6 is 0 Å². The zero-order valence-electron chi connectivity index (χ0n) is 19.7. The van der Waals surface area contributed by atoms with Crippen LogP contribution < -0.4 is 10.6 Å². The number of benzene rings is 2. The molecular formula is C27H31N5O3. The molecule has 2 aliphatic rings. The van der Waals surface area contributed by atoms with Gasteiger partial charge in [0.1, 0.15) is 11.3 Å². The number of fused-ring (bicyclic) bond motifs is 1. The molecular weight excluding hydrogens is 442 g/mol. The largest absolute Gasteiger partial charge is 0.457 e. The Hall–Kier alpha value is -3.22. The first-order valence-electron chi connectivity index (χ1n) is 12.3. The highest BCUT2D eigenvalue weighted by atomic mass is 16.4. The van der Waals surface area contributed by atoms with E-state index in [4.69, 9.17) is 9.68 Å². The minimum atomic E-state index is -0.898. The van der Waals surface area contributed by atoms with Crippen molar-refractivity contribution >= 4 is 16.9 Å². The number of piperazine rings is 1. The summed E-state index contributed by atoms with van der Waals surface area (Å²) in [6, 6.07) is 17.4. The van der Waals surface area contributed by atoms with Crippen molar-refractivity contribution in [3.8, 4) is 6.07 Å². The van der Waals surface area contributed by atoms with Crippen LogP contribution in [-0.4, -0.2) is 66.1 Å². The lowest BCUT2D eigenvalue weighted by molar-refractivity contribution is 0.0735. The van der Waals surface area contributed by atoms with Gasteiger partial charge in [0.05, 0.1) is 11.6 Å². The third-order valence-corrected chi connectivity index (χ3v) is 6.93. The van der Waals surface area contributed by atoms with Crippen LogP contribution in [0.25, 0.3) is 11.0 Å². The summed E-state index contributed by atoms with van der Waals surface area (Å²) < 4.78 is 5.89. The van der Waals surface area contributed by atoms with E-state index in [-0.39, 0.29) is 11.9 Å². The summed E-state index contributed by atoms with van der Waals surface area (Å²) in [4.78, 5) is 17.1. The Kier molecular flexibility index (Phi) is 7.11. The number of nitrogens with zero attached hydrogens (tertiary/aromatic N) is 3. The fourth-order valence-electron chi connectivity index (χ4n) is 4.89. The number of hydrogen-bond donors (Lipinski definition) is 3. The third-order valence-electron chi connectivity index (χ3n) is 6.93. The monoisotopic (exact) mass is 473 g/mol. The second-order valence-electron chi connectivity index (χ2n) is 9.37. The minimum absolute atomic E-state index is 0.0302. The molecule has 0 spiro atoms. The molecule has 1 atom stereocenters. The molecule has 1 amide bonds. The van der Waals surface area contributed by atoms with Crippen LogP contribution in [0.4, 0.5) is 0 Å². The highest BCUT2D eigenvalue weighted by Crippen LogP contribution is 2.26. The Morgan fingerprint density at radius 1 is 1.11 bits per heavy atom. The van der Waals surface area contributed by atoms with Gasteiger partial charge < -0.3 is 19.7 Å². The minimum Gasteiger partial charge on any atom is -0.457 e. The quantitative estimate of drug-likeness (QED) is 0.473. The topological polar surface area (TPSA) is 105 Å². The van der Waals surface area contributed by atoms with Crippen LogP contribution in [0.15, 0.2) is 52.9 Å². The highest BCUT2D eigenvalue weighted by Gasteiger charge is 2.24. The van der Waals surface area contributed by atoms with E-state index in [0.29, 0.717) is 35.6 Å². The lowest BCUT2D eigenvalue weighted by Gasteiger charge is -2.33. The van der Waals surface area contributed by atoms with Crippen LogP contribution in [0.5, 0.6) is 0 Å². The number of aliphatic hydroxyl groups is 1. The number of likely N-dealkylation sites (tertiary alicyclic amines) is 1. The Bertz CT molecular complexity index is 1200.